The first kappa shape index (κ1) is 23.6. The molecule has 0 aliphatic heterocycles. The molecule has 0 unspecified atom stereocenters. The van der Waals surface area contributed by atoms with Crippen molar-refractivity contribution in [3.05, 3.63) is 82.8 Å². The van der Waals surface area contributed by atoms with E-state index in [-0.39, 0.29) is 16.3 Å². The summed E-state index contributed by atoms with van der Waals surface area (Å²) in [6, 6.07) is 16.0. The first-order valence-electron chi connectivity index (χ1n) is 9.01. The molecular weight excluding hydrogens is 513 g/mol. The molecule has 0 aromatic heterocycles. The highest BCUT2D eigenvalue weighted by Gasteiger charge is 2.30. The zero-order chi connectivity index (χ0) is 23.4. The van der Waals surface area contributed by atoms with Gasteiger partial charge in [-0.3, -0.25) is 9.52 Å². The smallest absolute Gasteiger partial charge is 0.416 e. The molecule has 3 rings (SSSR count). The van der Waals surface area contributed by atoms with Crippen molar-refractivity contribution in [3.63, 3.8) is 0 Å². The number of anilines is 2. The SMILES string of the molecule is O=C(COc1ccc(S(=O)(=O)Nc2ccc(Br)cc2)cc1)Nc1ccc(C(F)(F)F)cc1. The molecule has 0 spiro atoms. The molecule has 3 aromatic rings. The molecule has 0 aliphatic carbocycles. The minimum absolute atomic E-state index is 0.00183. The zero-order valence-electron chi connectivity index (χ0n) is 16.2. The number of amides is 1. The van der Waals surface area contributed by atoms with Crippen molar-refractivity contribution in [2.45, 2.75) is 11.1 Å². The van der Waals surface area contributed by atoms with E-state index in [1.165, 1.54) is 24.3 Å². The van der Waals surface area contributed by atoms with Crippen LogP contribution in [0.1, 0.15) is 5.56 Å². The van der Waals surface area contributed by atoms with E-state index in [9.17, 15) is 26.4 Å². The van der Waals surface area contributed by atoms with Gasteiger partial charge in [0.25, 0.3) is 15.9 Å². The summed E-state index contributed by atoms with van der Waals surface area (Å²) in [6.07, 6.45) is -4.46. The van der Waals surface area contributed by atoms with Crippen LogP contribution >= 0.6 is 15.9 Å². The van der Waals surface area contributed by atoms with Gasteiger partial charge < -0.3 is 10.1 Å². The normalized spacial score (nSPS) is 11.6. The summed E-state index contributed by atoms with van der Waals surface area (Å²) < 4.78 is 71.2. The number of hydrogen-bond donors (Lipinski definition) is 2. The van der Waals surface area contributed by atoms with Gasteiger partial charge in [-0.25, -0.2) is 8.42 Å². The number of sulfonamides is 1. The van der Waals surface area contributed by atoms with Gasteiger partial charge in [0.2, 0.25) is 0 Å². The lowest BCUT2D eigenvalue weighted by atomic mass is 10.2. The van der Waals surface area contributed by atoms with Gasteiger partial charge in [0.1, 0.15) is 5.75 Å². The van der Waals surface area contributed by atoms with Crippen LogP contribution in [-0.2, 0) is 21.0 Å². The van der Waals surface area contributed by atoms with Crippen LogP contribution in [0.25, 0.3) is 0 Å². The molecule has 6 nitrogen and oxygen atoms in total. The Morgan fingerprint density at radius 1 is 0.875 bits per heavy atom. The monoisotopic (exact) mass is 528 g/mol. The van der Waals surface area contributed by atoms with Crippen LogP contribution in [0.2, 0.25) is 0 Å². The quantitative estimate of drug-likeness (QED) is 0.436. The van der Waals surface area contributed by atoms with E-state index >= 15 is 0 Å². The highest BCUT2D eigenvalue weighted by atomic mass is 79.9. The number of halogens is 4. The highest BCUT2D eigenvalue weighted by Crippen LogP contribution is 2.29. The van der Waals surface area contributed by atoms with Crippen LogP contribution in [-0.4, -0.2) is 20.9 Å². The number of carbonyl (C=O) groups is 1. The topological polar surface area (TPSA) is 84.5 Å². The summed E-state index contributed by atoms with van der Waals surface area (Å²) in [5, 5.41) is 2.42. The van der Waals surface area contributed by atoms with Crippen LogP contribution in [0.5, 0.6) is 5.75 Å². The maximum atomic E-state index is 12.6. The van der Waals surface area contributed by atoms with Crippen molar-refractivity contribution in [2.75, 3.05) is 16.6 Å². The van der Waals surface area contributed by atoms with Crippen LogP contribution in [0, 0.1) is 0 Å². The molecule has 168 valence electrons. The van der Waals surface area contributed by atoms with Gasteiger partial charge in [-0.05, 0) is 72.8 Å². The number of ether oxygens (including phenoxy) is 1. The van der Waals surface area contributed by atoms with Gasteiger partial charge >= 0.3 is 6.18 Å². The number of rotatable bonds is 7. The van der Waals surface area contributed by atoms with Crippen LogP contribution in [0.15, 0.2) is 82.2 Å². The molecule has 0 heterocycles. The van der Waals surface area contributed by atoms with E-state index < -0.39 is 34.3 Å². The summed E-state index contributed by atoms with van der Waals surface area (Å²) >= 11 is 3.27. The zero-order valence-corrected chi connectivity index (χ0v) is 18.6. The number of carbonyl (C=O) groups excluding carboxylic acids is 1. The lowest BCUT2D eigenvalue weighted by Crippen LogP contribution is -2.20. The fourth-order valence-electron chi connectivity index (χ4n) is 2.54. The third-order valence-corrected chi connectivity index (χ3v) is 6.02. The summed E-state index contributed by atoms with van der Waals surface area (Å²) in [4.78, 5) is 12.0. The number of nitrogens with one attached hydrogen (secondary N) is 2. The number of alkyl halides is 3. The standard InChI is InChI=1S/C21H16BrF3N2O4S/c22-15-3-7-17(8-4-15)27-32(29,30)19-11-9-18(10-12-19)31-13-20(28)26-16-5-1-14(2-6-16)21(23,24)25/h1-12,27H,13H2,(H,26,28). The predicted octanol–water partition coefficient (Wildman–Crippen LogP) is 5.29. The second-order valence-corrected chi connectivity index (χ2v) is 9.09. The van der Waals surface area contributed by atoms with Crippen molar-refractivity contribution in [1.29, 1.82) is 0 Å². The van der Waals surface area contributed by atoms with Crippen molar-refractivity contribution < 1.29 is 31.1 Å². The molecule has 0 radical (unpaired) electrons. The Bertz CT molecular complexity index is 1180. The fraction of sp³-hybridized carbons (Fsp3) is 0.0952. The van der Waals surface area contributed by atoms with Crippen LogP contribution in [0.4, 0.5) is 24.5 Å². The second-order valence-electron chi connectivity index (χ2n) is 6.50. The van der Waals surface area contributed by atoms with Crippen LogP contribution < -0.4 is 14.8 Å². The van der Waals surface area contributed by atoms with Gasteiger partial charge in [0.15, 0.2) is 6.61 Å². The van der Waals surface area contributed by atoms with E-state index in [0.29, 0.717) is 5.69 Å². The summed E-state index contributed by atoms with van der Waals surface area (Å²) in [5.41, 5.74) is -0.239. The van der Waals surface area contributed by atoms with Crippen molar-refractivity contribution >= 4 is 43.2 Å². The highest BCUT2D eigenvalue weighted by molar-refractivity contribution is 9.10. The van der Waals surface area contributed by atoms with Crippen molar-refractivity contribution in [2.24, 2.45) is 0 Å². The molecule has 0 saturated heterocycles. The Balaban J connectivity index is 1.55. The lowest BCUT2D eigenvalue weighted by molar-refractivity contribution is -0.137. The largest absolute Gasteiger partial charge is 0.484 e. The molecule has 2 N–H and O–H groups in total. The van der Waals surface area contributed by atoms with Gasteiger partial charge in [-0.1, -0.05) is 15.9 Å². The van der Waals surface area contributed by atoms with E-state index in [0.717, 1.165) is 28.7 Å². The molecular formula is C21H16BrF3N2O4S. The third-order valence-electron chi connectivity index (χ3n) is 4.10. The molecule has 32 heavy (non-hydrogen) atoms. The number of hydrogen-bond acceptors (Lipinski definition) is 4. The third kappa shape index (κ3) is 6.47. The Morgan fingerprint density at radius 2 is 1.44 bits per heavy atom. The first-order chi connectivity index (χ1) is 15.0. The van der Waals surface area contributed by atoms with E-state index in [4.69, 9.17) is 4.74 Å². The van der Waals surface area contributed by atoms with Gasteiger partial charge in [0, 0.05) is 15.8 Å². The minimum atomic E-state index is -4.46. The summed E-state index contributed by atoms with van der Waals surface area (Å²) in [7, 11) is -3.81. The van der Waals surface area contributed by atoms with Crippen molar-refractivity contribution in [3.8, 4) is 5.75 Å². The Labute approximate surface area is 190 Å². The van der Waals surface area contributed by atoms with E-state index in [2.05, 4.69) is 26.0 Å². The summed E-state index contributed by atoms with van der Waals surface area (Å²) in [5.74, 6) is -0.339. The average Bonchev–Trinajstić information content (AvgIpc) is 2.74. The Hall–Kier alpha value is -3.05. The van der Waals surface area contributed by atoms with Crippen molar-refractivity contribution in [1.82, 2.24) is 0 Å². The molecule has 1 amide bonds. The van der Waals surface area contributed by atoms with Crippen LogP contribution in [0.3, 0.4) is 0 Å². The maximum Gasteiger partial charge on any atom is 0.416 e. The molecule has 3 aromatic carbocycles. The minimum Gasteiger partial charge on any atom is -0.484 e. The van der Waals surface area contributed by atoms with E-state index in [1.54, 1.807) is 24.3 Å². The molecule has 0 bridgehead atoms. The second kappa shape index (κ2) is 9.61. The Morgan fingerprint density at radius 3 is 2.00 bits per heavy atom. The van der Waals surface area contributed by atoms with Gasteiger partial charge in [-0.15, -0.1) is 0 Å². The summed E-state index contributed by atoms with van der Waals surface area (Å²) in [6.45, 7) is -0.412. The number of benzene rings is 3. The maximum absolute atomic E-state index is 12.6. The van der Waals surface area contributed by atoms with Gasteiger partial charge in [0.05, 0.1) is 10.5 Å². The molecule has 0 fully saturated rings. The average molecular weight is 529 g/mol. The van der Waals surface area contributed by atoms with Gasteiger partial charge in [-0.2, -0.15) is 13.2 Å². The Kier molecular flexibility index (Phi) is 7.09. The first-order valence-corrected chi connectivity index (χ1v) is 11.3. The van der Waals surface area contributed by atoms with E-state index in [1.807, 2.05) is 0 Å². The fourth-order valence-corrected chi connectivity index (χ4v) is 3.86. The lowest BCUT2D eigenvalue weighted by Gasteiger charge is -2.11. The predicted molar refractivity (Wildman–Crippen MR) is 117 cm³/mol. The molecule has 0 saturated carbocycles. The molecule has 0 aliphatic rings. The molecule has 0 atom stereocenters. The molecule has 11 heteroatoms.